The molecule has 2 radical (unpaired) electrons. The zero-order chi connectivity index (χ0) is 29.1. The first-order chi connectivity index (χ1) is 20.2. The summed E-state index contributed by atoms with van der Waals surface area (Å²) in [6, 6.07) is 55.1. The average Bonchev–Trinajstić information content (AvgIpc) is 3.65. The summed E-state index contributed by atoms with van der Waals surface area (Å²) in [6.45, 7) is 3.14. The normalized spacial score (nSPS) is 9.52. The van der Waals surface area contributed by atoms with E-state index >= 15 is 0 Å². The van der Waals surface area contributed by atoms with Gasteiger partial charge >= 0.3 is 26.2 Å². The predicted octanol–water partition coefficient (Wildman–Crippen LogP) is 6.34. The Morgan fingerprint density at radius 2 is 0.881 bits per heavy atom. The molecule has 0 amide bonds. The van der Waals surface area contributed by atoms with E-state index in [0.29, 0.717) is 0 Å². The van der Waals surface area contributed by atoms with Crippen LogP contribution in [-0.4, -0.2) is 22.7 Å². The molecule has 7 aromatic rings. The molecule has 7 aromatic carbocycles. The first-order valence-corrected chi connectivity index (χ1v) is 14.9. The SMILES string of the molecule is CC[O-].CC[O-].[Zr+4].c1ccc([Si]c2ccccc2)cc1.c1ccc2[cH-]ccc2c1.c1ccc2c(c1)[cH-]c1ccccc12. The van der Waals surface area contributed by atoms with Gasteiger partial charge in [0.25, 0.3) is 0 Å². The Bertz CT molecular complexity index is 1540. The van der Waals surface area contributed by atoms with Crippen molar-refractivity contribution in [2.24, 2.45) is 0 Å². The van der Waals surface area contributed by atoms with Crippen LogP contribution in [-0.2, 0) is 26.2 Å². The Morgan fingerprint density at radius 3 is 1.33 bits per heavy atom. The second kappa shape index (κ2) is 20.5. The van der Waals surface area contributed by atoms with Crippen LogP contribution >= 0.6 is 0 Å². The zero-order valence-corrected chi connectivity index (χ0v) is 27.7. The smallest absolute Gasteiger partial charge is 0.855 e. The van der Waals surface area contributed by atoms with Gasteiger partial charge in [0.1, 0.15) is 9.52 Å². The van der Waals surface area contributed by atoms with Crippen LogP contribution in [0.2, 0.25) is 0 Å². The Morgan fingerprint density at radius 1 is 0.500 bits per heavy atom. The molecule has 0 atom stereocenters. The van der Waals surface area contributed by atoms with Gasteiger partial charge in [0.15, 0.2) is 0 Å². The summed E-state index contributed by atoms with van der Waals surface area (Å²) >= 11 is 0. The molecule has 0 aromatic heterocycles. The van der Waals surface area contributed by atoms with Gasteiger partial charge in [-0.25, -0.2) is 0 Å². The monoisotopic (exact) mass is 642 g/mol. The third-order valence-corrected chi connectivity index (χ3v) is 7.15. The number of hydrogen-bond donors (Lipinski definition) is 0. The molecule has 0 bridgehead atoms. The van der Waals surface area contributed by atoms with Crippen molar-refractivity contribution in [1.29, 1.82) is 0 Å². The molecular formula is C38H36O2SiZr. The van der Waals surface area contributed by atoms with E-state index < -0.39 is 0 Å². The molecule has 0 saturated heterocycles. The van der Waals surface area contributed by atoms with E-state index in [2.05, 4.69) is 158 Å². The van der Waals surface area contributed by atoms with E-state index in [0.717, 1.165) is 9.52 Å². The summed E-state index contributed by atoms with van der Waals surface area (Å²) in [5, 5.41) is 28.7. The van der Waals surface area contributed by atoms with Gasteiger partial charge in [0.05, 0.1) is 0 Å². The molecule has 4 heteroatoms. The van der Waals surface area contributed by atoms with E-state index in [1.165, 1.54) is 42.7 Å². The van der Waals surface area contributed by atoms with Crippen molar-refractivity contribution in [3.8, 4) is 0 Å². The Balaban J connectivity index is 0.000000201. The fourth-order valence-corrected chi connectivity index (χ4v) is 5.23. The molecule has 42 heavy (non-hydrogen) atoms. The van der Waals surface area contributed by atoms with E-state index in [1.54, 1.807) is 13.8 Å². The van der Waals surface area contributed by atoms with Crippen molar-refractivity contribution in [2.75, 3.05) is 13.2 Å². The molecule has 7 rings (SSSR count). The quantitative estimate of drug-likeness (QED) is 0.163. The van der Waals surface area contributed by atoms with Gasteiger partial charge in [0.2, 0.25) is 0 Å². The maximum absolute atomic E-state index is 8.93. The molecule has 208 valence electrons. The summed E-state index contributed by atoms with van der Waals surface area (Å²) in [5.41, 5.74) is 0. The van der Waals surface area contributed by atoms with Crippen LogP contribution in [0.1, 0.15) is 13.8 Å². The summed E-state index contributed by atoms with van der Waals surface area (Å²) < 4.78 is 0. The third-order valence-electron chi connectivity index (χ3n) is 5.91. The van der Waals surface area contributed by atoms with Gasteiger partial charge in [-0.05, 0) is 0 Å². The zero-order valence-electron chi connectivity index (χ0n) is 24.2. The fourth-order valence-electron chi connectivity index (χ4n) is 4.18. The van der Waals surface area contributed by atoms with Crippen molar-refractivity contribution in [3.63, 3.8) is 0 Å². The van der Waals surface area contributed by atoms with Crippen LogP contribution in [0.5, 0.6) is 0 Å². The summed E-state index contributed by atoms with van der Waals surface area (Å²) in [4.78, 5) is 0. The number of hydrogen-bond acceptors (Lipinski definition) is 2. The molecule has 0 N–H and O–H groups in total. The van der Waals surface area contributed by atoms with E-state index in [-0.39, 0.29) is 39.4 Å². The topological polar surface area (TPSA) is 46.1 Å². The number of benzene rings is 5. The maximum atomic E-state index is 8.93. The summed E-state index contributed by atoms with van der Waals surface area (Å²) in [7, 11) is 0.777. The van der Waals surface area contributed by atoms with E-state index in [1.807, 2.05) is 0 Å². The Kier molecular flexibility index (Phi) is 17.0. The molecule has 0 spiro atoms. The van der Waals surface area contributed by atoms with Crippen molar-refractivity contribution in [2.45, 2.75) is 13.8 Å². The molecule has 2 nitrogen and oxygen atoms in total. The Labute approximate surface area is 272 Å². The Hall–Kier alpha value is -3.40. The van der Waals surface area contributed by atoms with E-state index in [4.69, 9.17) is 10.2 Å². The van der Waals surface area contributed by atoms with Crippen LogP contribution in [0, 0.1) is 0 Å². The molecule has 0 unspecified atom stereocenters. The number of rotatable bonds is 2. The van der Waals surface area contributed by atoms with Gasteiger partial charge in [-0.2, -0.15) is 17.5 Å². The molecule has 0 aliphatic heterocycles. The van der Waals surface area contributed by atoms with Crippen LogP contribution in [0.3, 0.4) is 0 Å². The molecule has 0 saturated carbocycles. The molecular weight excluding hydrogens is 608 g/mol. The van der Waals surface area contributed by atoms with Gasteiger partial charge in [-0.3, -0.25) is 0 Å². The van der Waals surface area contributed by atoms with Crippen LogP contribution in [0.4, 0.5) is 0 Å². The van der Waals surface area contributed by atoms with Gasteiger partial charge in [0, 0.05) is 0 Å². The molecule has 0 heterocycles. The summed E-state index contributed by atoms with van der Waals surface area (Å²) in [6.07, 6.45) is 0. The van der Waals surface area contributed by atoms with Gasteiger partial charge in [-0.15, -0.1) is 82.6 Å². The molecule has 0 aliphatic carbocycles. The molecule has 0 fully saturated rings. The minimum Gasteiger partial charge on any atom is -0.855 e. The van der Waals surface area contributed by atoms with Crippen LogP contribution in [0.25, 0.3) is 32.3 Å². The standard InChI is InChI=1S/C13H9.C12H10Si.C9H7.2C2H5O.Zr/c1-3-7-12-10(5-1)9-11-6-2-4-8-13(11)12;1-3-7-11(8-4-1)13-12-9-5-2-6-10-12;1-2-5-9-7-3-6-8(9)4-1;2*1-2-3;/h1-9H;1-10H;1-7H;2*2H2,1H3;/q-1;;3*-1;+4. The minimum absolute atomic E-state index is 0. The fraction of sp³-hybridized carbons (Fsp3) is 0.105. The number of fused-ring (bicyclic) bond motifs is 4. The predicted molar refractivity (Wildman–Crippen MR) is 176 cm³/mol. The third kappa shape index (κ3) is 11.5. The largest absolute Gasteiger partial charge is 4.00 e. The minimum atomic E-state index is 0. The van der Waals surface area contributed by atoms with Crippen LogP contribution in [0.15, 0.2) is 158 Å². The van der Waals surface area contributed by atoms with Crippen molar-refractivity contribution < 1.29 is 36.4 Å². The van der Waals surface area contributed by atoms with Gasteiger partial charge in [-0.1, -0.05) is 127 Å². The van der Waals surface area contributed by atoms with Crippen molar-refractivity contribution in [3.05, 3.63) is 158 Å². The molecule has 0 aliphatic rings. The second-order valence-electron chi connectivity index (χ2n) is 8.91. The van der Waals surface area contributed by atoms with Gasteiger partial charge < -0.3 is 10.2 Å². The van der Waals surface area contributed by atoms with Crippen molar-refractivity contribution in [1.82, 2.24) is 0 Å². The van der Waals surface area contributed by atoms with Crippen molar-refractivity contribution >= 4 is 52.2 Å². The maximum Gasteiger partial charge on any atom is 4.00 e. The average molecular weight is 644 g/mol. The van der Waals surface area contributed by atoms with E-state index in [9.17, 15) is 0 Å². The second-order valence-corrected chi connectivity index (χ2v) is 10.3. The summed E-state index contributed by atoms with van der Waals surface area (Å²) in [5.74, 6) is 0. The van der Waals surface area contributed by atoms with Crippen LogP contribution < -0.4 is 20.6 Å². The first-order valence-electron chi connectivity index (χ1n) is 13.9. The first kappa shape index (κ1) is 34.8.